The number of non-ortho nitro benzene ring substituents is 1. The zero-order chi connectivity index (χ0) is 14.3. The van der Waals surface area contributed by atoms with E-state index >= 15 is 0 Å². The van der Waals surface area contributed by atoms with Crippen molar-refractivity contribution in [2.75, 3.05) is 0 Å². The molecule has 0 radical (unpaired) electrons. The normalized spacial score (nSPS) is 10.9. The maximum Gasteiger partial charge on any atom is 0.271 e. The Morgan fingerprint density at radius 3 is 2.75 bits per heavy atom. The highest BCUT2D eigenvalue weighted by Crippen LogP contribution is 2.37. The number of thiophene rings is 1. The van der Waals surface area contributed by atoms with Gasteiger partial charge in [-0.25, -0.2) is 9.97 Å². The van der Waals surface area contributed by atoms with Crippen molar-refractivity contribution in [3.63, 3.8) is 0 Å². The smallest absolute Gasteiger partial charge is 0.258 e. The zero-order valence-corrected chi connectivity index (χ0v) is 12.9. The van der Waals surface area contributed by atoms with Gasteiger partial charge >= 0.3 is 0 Å². The number of hydrogen-bond acceptors (Lipinski definition) is 5. The van der Waals surface area contributed by atoms with Gasteiger partial charge in [-0.2, -0.15) is 0 Å². The molecule has 0 aliphatic carbocycles. The number of hydrogen-bond donors (Lipinski definition) is 0. The molecular weight excluding hydrogens is 366 g/mol. The van der Waals surface area contributed by atoms with E-state index in [1.165, 1.54) is 29.8 Å². The summed E-state index contributed by atoms with van der Waals surface area (Å²) in [4.78, 5) is 19.4. The number of halogens is 2. The van der Waals surface area contributed by atoms with Gasteiger partial charge in [0.2, 0.25) is 0 Å². The highest BCUT2D eigenvalue weighted by atomic mass is 79.9. The topological polar surface area (TPSA) is 68.9 Å². The second-order valence-corrected chi connectivity index (χ2v) is 6.27. The summed E-state index contributed by atoms with van der Waals surface area (Å²) in [6.07, 6.45) is 1.39. The lowest BCUT2D eigenvalue weighted by molar-refractivity contribution is -0.384. The highest BCUT2D eigenvalue weighted by molar-refractivity contribution is 9.10. The Morgan fingerprint density at radius 1 is 1.25 bits per heavy atom. The van der Waals surface area contributed by atoms with Crippen molar-refractivity contribution in [2.45, 2.75) is 0 Å². The van der Waals surface area contributed by atoms with E-state index in [1.54, 1.807) is 0 Å². The van der Waals surface area contributed by atoms with Crippen LogP contribution in [0.15, 0.2) is 35.1 Å². The van der Waals surface area contributed by atoms with Gasteiger partial charge in [0.05, 0.1) is 15.1 Å². The van der Waals surface area contributed by atoms with Crippen molar-refractivity contribution in [1.29, 1.82) is 0 Å². The Bertz CT molecular complexity index is 837. The van der Waals surface area contributed by atoms with Gasteiger partial charge in [-0.15, -0.1) is 11.3 Å². The number of nitrogens with zero attached hydrogens (tertiary/aromatic N) is 3. The molecule has 2 heterocycles. The molecule has 1 aromatic carbocycles. The van der Waals surface area contributed by atoms with Gasteiger partial charge in [0.15, 0.2) is 0 Å². The molecule has 0 fully saturated rings. The fraction of sp³-hybridized carbons (Fsp3) is 0. The average Bonchev–Trinajstić information content (AvgIpc) is 2.83. The van der Waals surface area contributed by atoms with Crippen molar-refractivity contribution in [3.05, 3.63) is 50.3 Å². The molecule has 2 aromatic heterocycles. The molecule has 0 bridgehead atoms. The molecule has 0 N–H and O–H groups in total. The minimum absolute atomic E-state index is 0.0315. The molecule has 0 saturated carbocycles. The summed E-state index contributed by atoms with van der Waals surface area (Å²) < 4.78 is 1.42. The molecule has 20 heavy (non-hydrogen) atoms. The van der Waals surface area contributed by atoms with E-state index in [2.05, 4.69) is 25.9 Å². The summed E-state index contributed by atoms with van der Waals surface area (Å²) in [6, 6.07) is 6.65. The molecule has 0 aliphatic heterocycles. The summed E-state index contributed by atoms with van der Waals surface area (Å²) in [5.74, 6) is 0. The summed E-state index contributed by atoms with van der Waals surface area (Å²) in [5.41, 5.74) is 1.50. The Morgan fingerprint density at radius 2 is 2.05 bits per heavy atom. The SMILES string of the molecule is O=[N+]([O-])c1cc(Br)cc(-c2cc3ncnc(Cl)c3s2)c1. The second kappa shape index (κ2) is 5.08. The Balaban J connectivity index is 2.20. The lowest BCUT2D eigenvalue weighted by Crippen LogP contribution is -1.88. The van der Waals surface area contributed by atoms with Gasteiger partial charge in [0, 0.05) is 21.5 Å². The number of fused-ring (bicyclic) bond motifs is 1. The molecule has 0 unspecified atom stereocenters. The summed E-state index contributed by atoms with van der Waals surface area (Å²) >= 11 is 10.7. The first-order chi connectivity index (χ1) is 9.54. The summed E-state index contributed by atoms with van der Waals surface area (Å²) in [7, 11) is 0. The number of rotatable bonds is 2. The number of aromatic nitrogens is 2. The quantitative estimate of drug-likeness (QED) is 0.373. The van der Waals surface area contributed by atoms with Crippen LogP contribution in [0.25, 0.3) is 20.7 Å². The first kappa shape index (κ1) is 13.4. The van der Waals surface area contributed by atoms with E-state index in [4.69, 9.17) is 11.6 Å². The van der Waals surface area contributed by atoms with Gasteiger partial charge in [0.1, 0.15) is 11.5 Å². The highest BCUT2D eigenvalue weighted by Gasteiger charge is 2.13. The standard InChI is InChI=1S/C12H5BrClN3O2S/c13-7-1-6(2-8(3-7)17(18)19)10-4-9-11(20-10)12(14)16-5-15-9/h1-5H. The van der Waals surface area contributed by atoms with Gasteiger partial charge in [-0.1, -0.05) is 27.5 Å². The van der Waals surface area contributed by atoms with Crippen molar-refractivity contribution < 1.29 is 4.92 Å². The van der Waals surface area contributed by atoms with E-state index in [0.717, 1.165) is 20.7 Å². The van der Waals surface area contributed by atoms with Gasteiger partial charge in [-0.05, 0) is 17.7 Å². The third kappa shape index (κ3) is 2.39. The minimum Gasteiger partial charge on any atom is -0.258 e. The van der Waals surface area contributed by atoms with Crippen LogP contribution in [0.2, 0.25) is 5.15 Å². The maximum atomic E-state index is 10.9. The lowest BCUT2D eigenvalue weighted by atomic mass is 10.1. The molecule has 8 heteroatoms. The fourth-order valence-corrected chi connectivity index (χ4v) is 3.51. The third-order valence-electron chi connectivity index (χ3n) is 2.65. The first-order valence-electron chi connectivity index (χ1n) is 5.40. The monoisotopic (exact) mass is 369 g/mol. The molecular formula is C12H5BrClN3O2S. The maximum absolute atomic E-state index is 10.9. The molecule has 0 spiro atoms. The van der Waals surface area contributed by atoms with E-state index in [-0.39, 0.29) is 5.69 Å². The van der Waals surface area contributed by atoms with Crippen LogP contribution >= 0.6 is 38.9 Å². The predicted octanol–water partition coefficient (Wildman–Crippen LogP) is 4.68. The molecule has 0 aliphatic rings. The molecule has 0 saturated heterocycles. The van der Waals surface area contributed by atoms with E-state index in [9.17, 15) is 10.1 Å². The van der Waals surface area contributed by atoms with E-state index in [1.807, 2.05) is 12.1 Å². The summed E-state index contributed by atoms with van der Waals surface area (Å²) in [6.45, 7) is 0. The second-order valence-electron chi connectivity index (χ2n) is 3.94. The van der Waals surface area contributed by atoms with E-state index in [0.29, 0.717) is 9.63 Å². The molecule has 100 valence electrons. The van der Waals surface area contributed by atoms with Crippen LogP contribution < -0.4 is 0 Å². The van der Waals surface area contributed by atoms with Gasteiger partial charge in [-0.3, -0.25) is 10.1 Å². The Hall–Kier alpha value is -1.57. The zero-order valence-electron chi connectivity index (χ0n) is 9.71. The van der Waals surface area contributed by atoms with Crippen LogP contribution in [0.5, 0.6) is 0 Å². The van der Waals surface area contributed by atoms with Crippen LogP contribution in [-0.2, 0) is 0 Å². The third-order valence-corrected chi connectivity index (χ3v) is 4.68. The Kier molecular flexibility index (Phi) is 3.41. The average molecular weight is 371 g/mol. The van der Waals surface area contributed by atoms with Crippen LogP contribution in [0.1, 0.15) is 0 Å². The number of nitro benzene ring substituents is 1. The molecule has 3 rings (SSSR count). The van der Waals surface area contributed by atoms with Crippen LogP contribution in [0.3, 0.4) is 0 Å². The Labute approximate surface area is 130 Å². The van der Waals surface area contributed by atoms with Crippen LogP contribution in [0, 0.1) is 10.1 Å². The molecule has 0 amide bonds. The largest absolute Gasteiger partial charge is 0.271 e. The minimum atomic E-state index is -0.422. The van der Waals surface area contributed by atoms with Crippen LogP contribution in [0.4, 0.5) is 5.69 Å². The number of benzene rings is 1. The first-order valence-corrected chi connectivity index (χ1v) is 7.39. The van der Waals surface area contributed by atoms with E-state index < -0.39 is 4.92 Å². The van der Waals surface area contributed by atoms with Crippen molar-refractivity contribution in [2.24, 2.45) is 0 Å². The van der Waals surface area contributed by atoms with Crippen molar-refractivity contribution in [1.82, 2.24) is 9.97 Å². The van der Waals surface area contributed by atoms with Crippen LogP contribution in [-0.4, -0.2) is 14.9 Å². The van der Waals surface area contributed by atoms with Gasteiger partial charge in [0.25, 0.3) is 5.69 Å². The fourth-order valence-electron chi connectivity index (χ4n) is 1.79. The summed E-state index contributed by atoms with van der Waals surface area (Å²) in [5, 5.41) is 11.3. The van der Waals surface area contributed by atoms with Crippen molar-refractivity contribution >= 4 is 54.8 Å². The lowest BCUT2D eigenvalue weighted by Gasteiger charge is -1.99. The molecule has 5 nitrogen and oxygen atoms in total. The van der Waals surface area contributed by atoms with Gasteiger partial charge < -0.3 is 0 Å². The van der Waals surface area contributed by atoms with Crippen molar-refractivity contribution in [3.8, 4) is 10.4 Å². The molecule has 3 aromatic rings. The molecule has 0 atom stereocenters. The number of nitro groups is 1. The predicted molar refractivity (Wildman–Crippen MR) is 82.2 cm³/mol.